The molecule has 0 spiro atoms. The molecule has 1 heterocycles. The van der Waals surface area contributed by atoms with Gasteiger partial charge in [-0.1, -0.05) is 11.8 Å². The molecule has 0 aliphatic rings. The molecule has 7 nitrogen and oxygen atoms in total. The van der Waals surface area contributed by atoms with Crippen molar-refractivity contribution in [3.8, 4) is 28.7 Å². The van der Waals surface area contributed by atoms with Gasteiger partial charge in [0.1, 0.15) is 5.75 Å². The van der Waals surface area contributed by atoms with E-state index in [4.69, 9.17) is 18.6 Å². The van der Waals surface area contributed by atoms with Crippen LogP contribution in [0.4, 0.5) is 0 Å². The summed E-state index contributed by atoms with van der Waals surface area (Å²) in [5.41, 5.74) is 1.31. The minimum atomic E-state index is -0.0288. The summed E-state index contributed by atoms with van der Waals surface area (Å²) in [4.78, 5) is 12.3. The molecule has 0 radical (unpaired) electrons. The van der Waals surface area contributed by atoms with Gasteiger partial charge in [0.05, 0.1) is 26.6 Å². The summed E-state index contributed by atoms with van der Waals surface area (Å²) in [6.45, 7) is 2.50. The molecule has 0 aliphatic heterocycles. The van der Waals surface area contributed by atoms with Crippen LogP contribution in [0.25, 0.3) is 11.5 Å². The quantitative estimate of drug-likeness (QED) is 0.392. The van der Waals surface area contributed by atoms with Gasteiger partial charge in [0.25, 0.3) is 5.22 Å². The number of ether oxygens (including phenoxy) is 3. The van der Waals surface area contributed by atoms with Crippen molar-refractivity contribution in [2.75, 3.05) is 26.6 Å². The van der Waals surface area contributed by atoms with Gasteiger partial charge in [0.2, 0.25) is 5.89 Å². The molecule has 0 amide bonds. The summed E-state index contributed by atoms with van der Waals surface area (Å²) in [6, 6.07) is 12.4. The maximum atomic E-state index is 12.3. The van der Waals surface area contributed by atoms with Crippen LogP contribution in [-0.4, -0.2) is 42.6 Å². The standard InChI is InChI=1S/C20H20N2O5S/c1-4-26-15-8-5-13(6-9-15)16(23)12-28-20-22-21-19(27-20)14-7-10-17(24-2)18(11-14)25-3/h5-11H,4,12H2,1-3H3. The van der Waals surface area contributed by atoms with E-state index in [9.17, 15) is 4.79 Å². The van der Waals surface area contributed by atoms with Gasteiger partial charge >= 0.3 is 0 Å². The van der Waals surface area contributed by atoms with Gasteiger partial charge in [-0.2, -0.15) is 0 Å². The van der Waals surface area contributed by atoms with E-state index in [1.54, 1.807) is 56.7 Å². The third-order valence-electron chi connectivity index (χ3n) is 3.85. The largest absolute Gasteiger partial charge is 0.494 e. The molecule has 1 aromatic heterocycles. The second kappa shape index (κ2) is 9.27. The van der Waals surface area contributed by atoms with Crippen LogP contribution in [0.2, 0.25) is 0 Å². The third kappa shape index (κ3) is 4.64. The van der Waals surface area contributed by atoms with Crippen molar-refractivity contribution >= 4 is 17.5 Å². The number of methoxy groups -OCH3 is 2. The number of Topliss-reactive ketones (excluding diaryl/α,β-unsaturated/α-hetero) is 1. The molecule has 8 heteroatoms. The van der Waals surface area contributed by atoms with E-state index in [0.717, 1.165) is 5.75 Å². The number of rotatable bonds is 9. The molecule has 0 fully saturated rings. The summed E-state index contributed by atoms with van der Waals surface area (Å²) >= 11 is 1.19. The van der Waals surface area contributed by atoms with Gasteiger partial charge < -0.3 is 18.6 Å². The molecule has 0 aliphatic carbocycles. The van der Waals surface area contributed by atoms with Crippen LogP contribution in [-0.2, 0) is 0 Å². The monoisotopic (exact) mass is 400 g/mol. The summed E-state index contributed by atoms with van der Waals surface area (Å²) in [7, 11) is 3.13. The number of carbonyl (C=O) groups is 1. The highest BCUT2D eigenvalue weighted by molar-refractivity contribution is 7.99. The average molecular weight is 400 g/mol. The molecule has 0 bridgehead atoms. The highest BCUT2D eigenvalue weighted by Gasteiger charge is 2.14. The lowest BCUT2D eigenvalue weighted by Crippen LogP contribution is -2.02. The number of carbonyl (C=O) groups excluding carboxylic acids is 1. The van der Waals surface area contributed by atoms with Crippen molar-refractivity contribution in [3.63, 3.8) is 0 Å². The van der Waals surface area contributed by atoms with Crippen molar-refractivity contribution in [1.29, 1.82) is 0 Å². The first-order chi connectivity index (χ1) is 13.6. The van der Waals surface area contributed by atoms with E-state index in [2.05, 4.69) is 10.2 Å². The number of aromatic nitrogens is 2. The molecule has 0 atom stereocenters. The molecule has 0 saturated carbocycles. The lowest BCUT2D eigenvalue weighted by atomic mass is 10.1. The topological polar surface area (TPSA) is 83.7 Å². The fourth-order valence-electron chi connectivity index (χ4n) is 2.47. The molecule has 146 valence electrons. The maximum absolute atomic E-state index is 12.3. The minimum absolute atomic E-state index is 0.0288. The zero-order valence-corrected chi connectivity index (χ0v) is 16.6. The number of hydrogen-bond donors (Lipinski definition) is 0. The van der Waals surface area contributed by atoms with Gasteiger partial charge in [-0.05, 0) is 49.4 Å². The van der Waals surface area contributed by atoms with Crippen molar-refractivity contribution in [2.24, 2.45) is 0 Å². The number of thioether (sulfide) groups is 1. The molecule has 0 saturated heterocycles. The average Bonchev–Trinajstić information content (AvgIpc) is 3.21. The first kappa shape index (κ1) is 19.8. The van der Waals surface area contributed by atoms with E-state index in [-0.39, 0.29) is 11.5 Å². The summed E-state index contributed by atoms with van der Waals surface area (Å²) in [6.07, 6.45) is 0. The predicted molar refractivity (Wildman–Crippen MR) is 106 cm³/mol. The zero-order chi connectivity index (χ0) is 19.9. The summed E-state index contributed by atoms with van der Waals surface area (Å²) in [5.74, 6) is 2.43. The first-order valence-electron chi connectivity index (χ1n) is 8.59. The highest BCUT2D eigenvalue weighted by atomic mass is 32.2. The predicted octanol–water partition coefficient (Wildman–Crippen LogP) is 4.13. The Bertz CT molecular complexity index is 940. The van der Waals surface area contributed by atoms with Crippen molar-refractivity contribution in [2.45, 2.75) is 12.1 Å². The SMILES string of the molecule is CCOc1ccc(C(=O)CSc2nnc(-c3ccc(OC)c(OC)c3)o2)cc1. The Kier molecular flexibility index (Phi) is 6.54. The fourth-order valence-corrected chi connectivity index (χ4v) is 3.13. The molecular weight excluding hydrogens is 380 g/mol. The van der Waals surface area contributed by atoms with E-state index >= 15 is 0 Å². The van der Waals surface area contributed by atoms with Gasteiger partial charge in [-0.15, -0.1) is 10.2 Å². The first-order valence-corrected chi connectivity index (χ1v) is 9.58. The summed E-state index contributed by atoms with van der Waals surface area (Å²) in [5, 5.41) is 8.36. The smallest absolute Gasteiger partial charge is 0.277 e. The van der Waals surface area contributed by atoms with Crippen LogP contribution >= 0.6 is 11.8 Å². The van der Waals surface area contributed by atoms with Crippen LogP contribution < -0.4 is 14.2 Å². The van der Waals surface area contributed by atoms with E-state index < -0.39 is 0 Å². The normalized spacial score (nSPS) is 10.5. The Labute approximate surface area is 167 Å². The fraction of sp³-hybridized carbons (Fsp3) is 0.250. The van der Waals surface area contributed by atoms with Gasteiger partial charge in [0.15, 0.2) is 17.3 Å². The molecule has 3 rings (SSSR count). The minimum Gasteiger partial charge on any atom is -0.494 e. The Hall–Kier alpha value is -3.00. The number of ketones is 1. The number of hydrogen-bond acceptors (Lipinski definition) is 8. The van der Waals surface area contributed by atoms with Crippen LogP contribution in [0.15, 0.2) is 52.1 Å². The third-order valence-corrected chi connectivity index (χ3v) is 4.67. The van der Waals surface area contributed by atoms with Crippen LogP contribution in [0, 0.1) is 0 Å². The molecular formula is C20H20N2O5S. The Morgan fingerprint density at radius 2 is 1.79 bits per heavy atom. The second-order valence-electron chi connectivity index (χ2n) is 5.61. The van der Waals surface area contributed by atoms with Crippen LogP contribution in [0.1, 0.15) is 17.3 Å². The van der Waals surface area contributed by atoms with Crippen molar-refractivity contribution in [3.05, 3.63) is 48.0 Å². The van der Waals surface area contributed by atoms with Crippen LogP contribution in [0.5, 0.6) is 17.2 Å². The Morgan fingerprint density at radius 3 is 2.46 bits per heavy atom. The molecule has 3 aromatic rings. The van der Waals surface area contributed by atoms with E-state index in [1.165, 1.54) is 11.8 Å². The van der Waals surface area contributed by atoms with Crippen LogP contribution in [0.3, 0.4) is 0 Å². The summed E-state index contributed by atoms with van der Waals surface area (Å²) < 4.78 is 21.5. The second-order valence-corrected chi connectivity index (χ2v) is 6.54. The lowest BCUT2D eigenvalue weighted by Gasteiger charge is -2.07. The van der Waals surface area contributed by atoms with E-state index in [0.29, 0.717) is 40.3 Å². The Balaban J connectivity index is 1.64. The van der Waals surface area contributed by atoms with Crippen molar-refractivity contribution < 1.29 is 23.4 Å². The molecule has 28 heavy (non-hydrogen) atoms. The van der Waals surface area contributed by atoms with Gasteiger partial charge in [-0.3, -0.25) is 4.79 Å². The number of benzene rings is 2. The van der Waals surface area contributed by atoms with Gasteiger partial charge in [0, 0.05) is 11.1 Å². The van der Waals surface area contributed by atoms with E-state index in [1.807, 2.05) is 6.92 Å². The molecule has 2 aromatic carbocycles. The molecule has 0 unspecified atom stereocenters. The Morgan fingerprint density at radius 1 is 1.04 bits per heavy atom. The lowest BCUT2D eigenvalue weighted by molar-refractivity contribution is 0.102. The van der Waals surface area contributed by atoms with Crippen molar-refractivity contribution in [1.82, 2.24) is 10.2 Å². The highest BCUT2D eigenvalue weighted by Crippen LogP contribution is 2.32. The maximum Gasteiger partial charge on any atom is 0.277 e. The number of nitrogens with zero attached hydrogens (tertiary/aromatic N) is 2. The molecule has 0 N–H and O–H groups in total. The van der Waals surface area contributed by atoms with Gasteiger partial charge in [-0.25, -0.2) is 0 Å². The zero-order valence-electron chi connectivity index (χ0n) is 15.8.